The van der Waals surface area contributed by atoms with Crippen LogP contribution in [-0.4, -0.2) is 10.1 Å². The van der Waals surface area contributed by atoms with Gasteiger partial charge in [-0.25, -0.2) is 9.37 Å². The molecule has 6 heteroatoms. The highest BCUT2D eigenvalue weighted by Gasteiger charge is 2.16. The Morgan fingerprint density at radius 1 is 1.50 bits per heavy atom. The highest BCUT2D eigenvalue weighted by molar-refractivity contribution is 9.10. The average Bonchev–Trinajstić information content (AvgIpc) is 2.67. The Labute approximate surface area is 104 Å². The number of halogens is 2. The topological polar surface area (TPSA) is 59.1 Å². The molecule has 1 atom stereocenters. The van der Waals surface area contributed by atoms with Crippen LogP contribution in [0.25, 0.3) is 0 Å². The van der Waals surface area contributed by atoms with Crippen LogP contribution in [0.5, 0.6) is 0 Å². The molecule has 1 aromatic carbocycles. The van der Waals surface area contributed by atoms with Crippen LogP contribution in [0.4, 0.5) is 9.52 Å². The molecule has 3 N–H and O–H groups in total. The summed E-state index contributed by atoms with van der Waals surface area (Å²) >= 11 is 4.44. The molecule has 0 radical (unpaired) electrons. The smallest absolute Gasteiger partial charge is 0.180 e. The molecule has 84 valence electrons. The molecule has 0 spiro atoms. The monoisotopic (exact) mass is 302 g/mol. The first kappa shape index (κ1) is 11.5. The normalized spacial score (nSPS) is 12.7. The molecule has 0 aliphatic carbocycles. The molecule has 1 heterocycles. The van der Waals surface area contributed by atoms with Gasteiger partial charge in [0, 0.05) is 16.2 Å². The lowest BCUT2D eigenvalue weighted by Crippen LogP contribution is -1.99. The fraction of sp³-hybridized carbons (Fsp3) is 0.100. The Bertz CT molecular complexity index is 517. The molecule has 0 aliphatic heterocycles. The van der Waals surface area contributed by atoms with Crippen LogP contribution in [0.15, 0.2) is 28.9 Å². The highest BCUT2D eigenvalue weighted by Crippen LogP contribution is 2.32. The number of aliphatic hydroxyl groups is 1. The van der Waals surface area contributed by atoms with E-state index < -0.39 is 11.9 Å². The molecular formula is C10H8BrFN2OS. The van der Waals surface area contributed by atoms with Crippen molar-refractivity contribution in [1.82, 2.24) is 4.98 Å². The number of hydrogen-bond acceptors (Lipinski definition) is 4. The third kappa shape index (κ3) is 2.23. The molecular weight excluding hydrogens is 295 g/mol. The molecule has 2 aromatic rings. The van der Waals surface area contributed by atoms with Gasteiger partial charge in [0.1, 0.15) is 11.9 Å². The number of rotatable bonds is 2. The predicted molar refractivity (Wildman–Crippen MR) is 64.7 cm³/mol. The van der Waals surface area contributed by atoms with Gasteiger partial charge in [-0.2, -0.15) is 0 Å². The van der Waals surface area contributed by atoms with Crippen molar-refractivity contribution in [3.8, 4) is 0 Å². The fourth-order valence-corrected chi connectivity index (χ4v) is 2.46. The zero-order chi connectivity index (χ0) is 11.7. The zero-order valence-corrected chi connectivity index (χ0v) is 10.4. The van der Waals surface area contributed by atoms with Crippen LogP contribution in [0, 0.1) is 5.82 Å². The van der Waals surface area contributed by atoms with E-state index in [0.29, 0.717) is 20.0 Å². The minimum absolute atomic E-state index is 0.376. The average molecular weight is 303 g/mol. The van der Waals surface area contributed by atoms with Crippen molar-refractivity contribution in [1.29, 1.82) is 0 Å². The number of benzene rings is 1. The van der Waals surface area contributed by atoms with Crippen molar-refractivity contribution in [2.45, 2.75) is 6.10 Å². The van der Waals surface area contributed by atoms with Gasteiger partial charge in [0.2, 0.25) is 0 Å². The quantitative estimate of drug-likeness (QED) is 0.897. The lowest BCUT2D eigenvalue weighted by Gasteiger charge is -2.10. The molecule has 0 bridgehead atoms. The summed E-state index contributed by atoms with van der Waals surface area (Å²) in [5.74, 6) is -0.394. The van der Waals surface area contributed by atoms with E-state index in [1.54, 1.807) is 6.07 Å². The van der Waals surface area contributed by atoms with Gasteiger partial charge in [0.05, 0.1) is 4.88 Å². The summed E-state index contributed by atoms with van der Waals surface area (Å²) in [7, 11) is 0. The van der Waals surface area contributed by atoms with E-state index in [9.17, 15) is 9.50 Å². The molecule has 3 nitrogen and oxygen atoms in total. The summed E-state index contributed by atoms with van der Waals surface area (Å²) in [6.07, 6.45) is 0.571. The predicted octanol–water partition coefficient (Wildman–Crippen LogP) is 2.71. The lowest BCUT2D eigenvalue weighted by atomic mass is 10.1. The molecule has 0 amide bonds. The van der Waals surface area contributed by atoms with Crippen molar-refractivity contribution in [2.24, 2.45) is 0 Å². The van der Waals surface area contributed by atoms with E-state index in [1.807, 2.05) is 0 Å². The number of nitrogens with zero attached hydrogens (tertiary/aromatic N) is 1. The second-order valence-corrected chi connectivity index (χ2v) is 5.12. The van der Waals surface area contributed by atoms with E-state index in [4.69, 9.17) is 5.73 Å². The number of nitrogens with two attached hydrogens (primary N) is 1. The van der Waals surface area contributed by atoms with Gasteiger partial charge in [-0.1, -0.05) is 27.3 Å². The van der Waals surface area contributed by atoms with E-state index in [-0.39, 0.29) is 0 Å². The van der Waals surface area contributed by atoms with Gasteiger partial charge in [0.15, 0.2) is 5.13 Å². The number of thiazole rings is 1. The van der Waals surface area contributed by atoms with Gasteiger partial charge in [-0.05, 0) is 18.2 Å². The maximum absolute atomic E-state index is 13.1. The molecule has 16 heavy (non-hydrogen) atoms. The van der Waals surface area contributed by atoms with E-state index in [0.717, 1.165) is 0 Å². The number of aliphatic hydroxyl groups excluding tert-OH is 1. The Balaban J connectivity index is 2.40. The number of aromatic nitrogens is 1. The number of hydrogen-bond donors (Lipinski definition) is 2. The molecule has 0 aliphatic rings. The maximum Gasteiger partial charge on any atom is 0.180 e. The van der Waals surface area contributed by atoms with Crippen molar-refractivity contribution in [2.75, 3.05) is 5.73 Å². The van der Waals surface area contributed by atoms with E-state index in [2.05, 4.69) is 20.9 Å². The Morgan fingerprint density at radius 2 is 2.25 bits per heavy atom. The molecule has 1 aromatic heterocycles. The fourth-order valence-electron chi connectivity index (χ4n) is 1.30. The van der Waals surface area contributed by atoms with Gasteiger partial charge >= 0.3 is 0 Å². The standard InChI is InChI=1S/C10H8BrFN2OS/c11-7-2-1-5(12)3-6(7)9(15)8-4-14-10(13)16-8/h1-4,9,15H,(H2,13,14). The van der Waals surface area contributed by atoms with Crippen molar-refractivity contribution >= 4 is 32.4 Å². The van der Waals surface area contributed by atoms with Gasteiger partial charge < -0.3 is 10.8 Å². The van der Waals surface area contributed by atoms with Crippen LogP contribution in [0.1, 0.15) is 16.5 Å². The first-order chi connectivity index (χ1) is 7.58. The van der Waals surface area contributed by atoms with Crippen molar-refractivity contribution < 1.29 is 9.50 Å². The highest BCUT2D eigenvalue weighted by atomic mass is 79.9. The molecule has 0 saturated carbocycles. The summed E-state index contributed by atoms with van der Waals surface area (Å²) in [5.41, 5.74) is 5.93. The minimum atomic E-state index is -0.917. The van der Waals surface area contributed by atoms with Crippen LogP contribution >= 0.6 is 27.3 Å². The van der Waals surface area contributed by atoms with Crippen LogP contribution in [0.2, 0.25) is 0 Å². The summed E-state index contributed by atoms with van der Waals surface area (Å²) in [6, 6.07) is 4.16. The summed E-state index contributed by atoms with van der Waals surface area (Å²) < 4.78 is 13.7. The van der Waals surface area contributed by atoms with Gasteiger partial charge in [-0.15, -0.1) is 0 Å². The molecule has 0 saturated heterocycles. The summed E-state index contributed by atoms with van der Waals surface area (Å²) in [5, 5.41) is 10.4. The van der Waals surface area contributed by atoms with Crippen molar-refractivity contribution in [3.63, 3.8) is 0 Å². The first-order valence-corrected chi connectivity index (χ1v) is 6.03. The summed E-state index contributed by atoms with van der Waals surface area (Å²) in [6.45, 7) is 0. The third-order valence-corrected chi connectivity index (χ3v) is 3.66. The molecule has 1 unspecified atom stereocenters. The lowest BCUT2D eigenvalue weighted by molar-refractivity contribution is 0.222. The molecule has 2 rings (SSSR count). The van der Waals surface area contributed by atoms with Crippen LogP contribution in [0.3, 0.4) is 0 Å². The zero-order valence-electron chi connectivity index (χ0n) is 8.02. The first-order valence-electron chi connectivity index (χ1n) is 4.42. The number of anilines is 1. The second kappa shape index (κ2) is 4.48. The second-order valence-electron chi connectivity index (χ2n) is 3.17. The largest absolute Gasteiger partial charge is 0.383 e. The Hall–Kier alpha value is -0.980. The van der Waals surface area contributed by atoms with E-state index >= 15 is 0 Å². The van der Waals surface area contributed by atoms with Gasteiger partial charge in [0.25, 0.3) is 0 Å². The van der Waals surface area contributed by atoms with Gasteiger partial charge in [-0.3, -0.25) is 0 Å². The van der Waals surface area contributed by atoms with Crippen molar-refractivity contribution in [3.05, 3.63) is 45.1 Å². The van der Waals surface area contributed by atoms with Crippen LogP contribution < -0.4 is 5.73 Å². The summed E-state index contributed by atoms with van der Waals surface area (Å²) in [4.78, 5) is 4.43. The SMILES string of the molecule is Nc1ncc(C(O)c2cc(F)ccc2Br)s1. The third-order valence-electron chi connectivity index (χ3n) is 2.06. The molecule has 0 fully saturated rings. The van der Waals surface area contributed by atoms with E-state index in [1.165, 1.54) is 29.7 Å². The Morgan fingerprint density at radius 3 is 2.88 bits per heavy atom. The van der Waals surface area contributed by atoms with Crippen LogP contribution in [-0.2, 0) is 0 Å². The Kier molecular flexibility index (Phi) is 3.22. The maximum atomic E-state index is 13.1. The number of nitrogen functional groups attached to an aromatic ring is 1. The minimum Gasteiger partial charge on any atom is -0.383 e.